The maximum Gasteiger partial charge on any atom is 0.253 e. The molecule has 29 heavy (non-hydrogen) atoms. The van der Waals surface area contributed by atoms with Gasteiger partial charge >= 0.3 is 0 Å². The van der Waals surface area contributed by atoms with E-state index in [1.54, 1.807) is 12.4 Å². The molecule has 2 heterocycles. The summed E-state index contributed by atoms with van der Waals surface area (Å²) in [7, 11) is 0. The Kier molecular flexibility index (Phi) is 5.21. The summed E-state index contributed by atoms with van der Waals surface area (Å²) >= 11 is 0. The van der Waals surface area contributed by atoms with Crippen molar-refractivity contribution in [2.45, 2.75) is 13.8 Å². The zero-order chi connectivity index (χ0) is 20.4. The van der Waals surface area contributed by atoms with Crippen molar-refractivity contribution in [1.29, 1.82) is 0 Å². The molecule has 2 N–H and O–H groups in total. The lowest BCUT2D eigenvalue weighted by atomic mass is 10.0. The fraction of sp³-hybridized carbons (Fsp3) is 0.250. The van der Waals surface area contributed by atoms with Crippen molar-refractivity contribution >= 4 is 17.3 Å². The van der Waals surface area contributed by atoms with Crippen LogP contribution in [0.15, 0.2) is 60.9 Å². The molecular formula is C24H26N4O. The smallest absolute Gasteiger partial charge is 0.253 e. The molecule has 1 aromatic heterocycles. The Morgan fingerprint density at radius 2 is 1.72 bits per heavy atom. The molecule has 1 aliphatic heterocycles. The summed E-state index contributed by atoms with van der Waals surface area (Å²) in [5.41, 5.74) is 12.8. The van der Waals surface area contributed by atoms with Crippen LogP contribution in [0.25, 0.3) is 11.1 Å². The molecule has 5 heteroatoms. The van der Waals surface area contributed by atoms with Gasteiger partial charge in [0, 0.05) is 55.4 Å². The topological polar surface area (TPSA) is 62.5 Å². The van der Waals surface area contributed by atoms with Gasteiger partial charge in [0.05, 0.1) is 5.69 Å². The molecule has 1 fully saturated rings. The minimum absolute atomic E-state index is 0.0731. The van der Waals surface area contributed by atoms with Gasteiger partial charge in [0.25, 0.3) is 5.91 Å². The number of amides is 1. The summed E-state index contributed by atoms with van der Waals surface area (Å²) in [6.45, 7) is 7.38. The maximum atomic E-state index is 13.1. The highest BCUT2D eigenvalue weighted by Crippen LogP contribution is 2.24. The number of anilines is 2. The lowest BCUT2D eigenvalue weighted by molar-refractivity contribution is 0.0747. The first-order valence-corrected chi connectivity index (χ1v) is 9.94. The van der Waals surface area contributed by atoms with Crippen LogP contribution in [-0.4, -0.2) is 42.0 Å². The lowest BCUT2D eigenvalue weighted by Crippen LogP contribution is -2.49. The molecule has 0 saturated carbocycles. The zero-order valence-electron chi connectivity index (χ0n) is 16.9. The van der Waals surface area contributed by atoms with Gasteiger partial charge in [-0.15, -0.1) is 0 Å². The second-order valence-electron chi connectivity index (χ2n) is 7.66. The molecule has 2 aromatic carbocycles. The summed E-state index contributed by atoms with van der Waals surface area (Å²) in [6.07, 6.45) is 3.39. The number of pyridine rings is 1. The van der Waals surface area contributed by atoms with Crippen LogP contribution in [0, 0.1) is 13.8 Å². The monoisotopic (exact) mass is 386 g/mol. The fourth-order valence-corrected chi connectivity index (χ4v) is 3.94. The highest BCUT2D eigenvalue weighted by atomic mass is 16.2. The predicted molar refractivity (Wildman–Crippen MR) is 118 cm³/mol. The average Bonchev–Trinajstić information content (AvgIpc) is 2.73. The van der Waals surface area contributed by atoms with Crippen molar-refractivity contribution < 1.29 is 4.79 Å². The number of rotatable bonds is 3. The van der Waals surface area contributed by atoms with Crippen LogP contribution in [-0.2, 0) is 0 Å². The van der Waals surface area contributed by atoms with Crippen molar-refractivity contribution in [3.05, 3.63) is 77.6 Å². The van der Waals surface area contributed by atoms with Crippen molar-refractivity contribution in [2.24, 2.45) is 0 Å². The van der Waals surface area contributed by atoms with Crippen LogP contribution in [0.1, 0.15) is 21.5 Å². The normalized spacial score (nSPS) is 14.1. The number of benzene rings is 2. The van der Waals surface area contributed by atoms with Gasteiger partial charge in [-0.2, -0.15) is 0 Å². The second-order valence-corrected chi connectivity index (χ2v) is 7.66. The molecule has 0 radical (unpaired) electrons. The standard InChI is InChI=1S/C24H26N4O/c1-17-6-7-23(18(2)12-17)27-8-10-28(11-9-27)24(29)20-5-3-4-19(13-20)21-14-22(25)16-26-15-21/h3-7,12-16H,8-11,25H2,1-2H3. The van der Waals surface area contributed by atoms with E-state index in [-0.39, 0.29) is 5.91 Å². The molecular weight excluding hydrogens is 360 g/mol. The first-order chi connectivity index (χ1) is 14.0. The van der Waals surface area contributed by atoms with Crippen LogP contribution < -0.4 is 10.6 Å². The third kappa shape index (κ3) is 4.09. The highest BCUT2D eigenvalue weighted by Gasteiger charge is 2.23. The Bertz CT molecular complexity index is 1040. The number of nitrogens with two attached hydrogens (primary N) is 1. The Labute approximate surface area is 171 Å². The SMILES string of the molecule is Cc1ccc(N2CCN(C(=O)c3cccc(-c4cncc(N)c4)c3)CC2)c(C)c1. The molecule has 0 unspecified atom stereocenters. The van der Waals surface area contributed by atoms with E-state index >= 15 is 0 Å². The predicted octanol–water partition coefficient (Wildman–Crippen LogP) is 3.91. The van der Waals surface area contributed by atoms with Gasteiger partial charge in [0.1, 0.15) is 0 Å². The number of nitrogen functional groups attached to an aromatic ring is 1. The summed E-state index contributed by atoms with van der Waals surface area (Å²) in [5.74, 6) is 0.0731. The van der Waals surface area contributed by atoms with Crippen molar-refractivity contribution in [1.82, 2.24) is 9.88 Å². The third-order valence-electron chi connectivity index (χ3n) is 5.46. The number of hydrogen-bond donors (Lipinski definition) is 1. The van der Waals surface area contributed by atoms with E-state index in [4.69, 9.17) is 5.73 Å². The summed E-state index contributed by atoms with van der Waals surface area (Å²) in [6, 6.07) is 16.1. The minimum atomic E-state index is 0.0731. The van der Waals surface area contributed by atoms with Gasteiger partial charge in [-0.1, -0.05) is 29.8 Å². The Hall–Kier alpha value is -3.34. The van der Waals surface area contributed by atoms with Gasteiger partial charge in [0.2, 0.25) is 0 Å². The van der Waals surface area contributed by atoms with Gasteiger partial charge in [0.15, 0.2) is 0 Å². The molecule has 0 aliphatic carbocycles. The molecule has 148 valence electrons. The number of hydrogen-bond acceptors (Lipinski definition) is 4. The number of carbonyl (C=O) groups excluding carboxylic acids is 1. The van der Waals surface area contributed by atoms with E-state index in [9.17, 15) is 4.79 Å². The van der Waals surface area contributed by atoms with Crippen LogP contribution in [0.4, 0.5) is 11.4 Å². The number of aromatic nitrogens is 1. The van der Waals surface area contributed by atoms with Crippen LogP contribution in [0.3, 0.4) is 0 Å². The van der Waals surface area contributed by atoms with Gasteiger partial charge in [-0.3, -0.25) is 9.78 Å². The van der Waals surface area contributed by atoms with Gasteiger partial charge < -0.3 is 15.5 Å². The number of carbonyl (C=O) groups is 1. The van der Waals surface area contributed by atoms with Crippen molar-refractivity contribution in [3.63, 3.8) is 0 Å². The molecule has 4 rings (SSSR count). The van der Waals surface area contributed by atoms with E-state index in [1.165, 1.54) is 16.8 Å². The van der Waals surface area contributed by atoms with E-state index in [1.807, 2.05) is 35.2 Å². The average molecular weight is 386 g/mol. The van der Waals surface area contributed by atoms with Gasteiger partial charge in [-0.25, -0.2) is 0 Å². The van der Waals surface area contributed by atoms with Crippen molar-refractivity contribution in [2.75, 3.05) is 36.8 Å². The molecule has 1 amide bonds. The summed E-state index contributed by atoms with van der Waals surface area (Å²) in [5, 5.41) is 0. The molecule has 1 saturated heterocycles. The summed E-state index contributed by atoms with van der Waals surface area (Å²) < 4.78 is 0. The number of aryl methyl sites for hydroxylation is 2. The van der Waals surface area contributed by atoms with Crippen molar-refractivity contribution in [3.8, 4) is 11.1 Å². The third-order valence-corrected chi connectivity index (χ3v) is 5.46. The number of nitrogens with zero attached hydrogens (tertiary/aromatic N) is 3. The first kappa shape index (κ1) is 19.0. The Balaban J connectivity index is 1.47. The minimum Gasteiger partial charge on any atom is -0.397 e. The second kappa shape index (κ2) is 7.95. The number of piperazine rings is 1. The highest BCUT2D eigenvalue weighted by molar-refractivity contribution is 5.95. The fourth-order valence-electron chi connectivity index (χ4n) is 3.94. The maximum absolute atomic E-state index is 13.1. The Morgan fingerprint density at radius 1 is 0.931 bits per heavy atom. The van der Waals surface area contributed by atoms with E-state index < -0.39 is 0 Å². The molecule has 0 atom stereocenters. The summed E-state index contributed by atoms with van der Waals surface area (Å²) in [4.78, 5) is 21.5. The molecule has 3 aromatic rings. The quantitative estimate of drug-likeness (QED) is 0.741. The Morgan fingerprint density at radius 3 is 2.45 bits per heavy atom. The first-order valence-electron chi connectivity index (χ1n) is 9.94. The lowest BCUT2D eigenvalue weighted by Gasteiger charge is -2.37. The molecule has 1 aliphatic rings. The van der Waals surface area contributed by atoms with Crippen LogP contribution in [0.2, 0.25) is 0 Å². The molecule has 0 bridgehead atoms. The molecule has 0 spiro atoms. The largest absolute Gasteiger partial charge is 0.397 e. The van der Waals surface area contributed by atoms with E-state index in [0.29, 0.717) is 11.3 Å². The molecule has 5 nitrogen and oxygen atoms in total. The zero-order valence-corrected chi connectivity index (χ0v) is 16.9. The van der Waals surface area contributed by atoms with E-state index in [0.717, 1.165) is 37.3 Å². The van der Waals surface area contributed by atoms with E-state index in [2.05, 4.69) is 41.9 Å². The van der Waals surface area contributed by atoms with Crippen LogP contribution in [0.5, 0.6) is 0 Å². The van der Waals surface area contributed by atoms with Crippen LogP contribution >= 0.6 is 0 Å². The van der Waals surface area contributed by atoms with Gasteiger partial charge in [-0.05, 0) is 49.2 Å².